The highest BCUT2D eigenvalue weighted by Crippen LogP contribution is 2.46. The molecule has 0 fully saturated rings. The summed E-state index contributed by atoms with van der Waals surface area (Å²) >= 11 is 1.34. The van der Waals surface area contributed by atoms with Crippen LogP contribution in [0, 0.1) is 12.1 Å². The van der Waals surface area contributed by atoms with Crippen LogP contribution in [0.2, 0.25) is 0 Å². The summed E-state index contributed by atoms with van der Waals surface area (Å²) in [5, 5.41) is 23.7. The molecule has 0 spiro atoms. The van der Waals surface area contributed by atoms with Gasteiger partial charge in [-0.25, -0.2) is 10.2 Å². The number of nitrogens with zero attached hydrogens (tertiary/aromatic N) is 4. The molecule has 1 aliphatic heterocycles. The number of aliphatic imine (C=N–C) groups is 1. The summed E-state index contributed by atoms with van der Waals surface area (Å²) in [7, 11) is 0. The zero-order valence-electron chi connectivity index (χ0n) is 14.7. The van der Waals surface area contributed by atoms with Gasteiger partial charge in [0.1, 0.15) is 0 Å². The summed E-state index contributed by atoms with van der Waals surface area (Å²) < 4.78 is 1.26. The van der Waals surface area contributed by atoms with Gasteiger partial charge in [0.05, 0.1) is 10.9 Å². The number of aromatic nitrogens is 3. The third-order valence-electron chi connectivity index (χ3n) is 4.38. The van der Waals surface area contributed by atoms with Gasteiger partial charge in [-0.15, -0.1) is 0 Å². The fourth-order valence-electron chi connectivity index (χ4n) is 3.05. The Morgan fingerprint density at radius 3 is 2.57 bits per heavy atom. The zero-order valence-corrected chi connectivity index (χ0v) is 15.6. The summed E-state index contributed by atoms with van der Waals surface area (Å²) in [6.07, 6.45) is 3.08. The van der Waals surface area contributed by atoms with Crippen LogP contribution < -0.4 is 11.0 Å². The number of hydrogen-bond acceptors (Lipinski definition) is 8. The first-order valence-electron chi connectivity index (χ1n) is 8.34. The van der Waals surface area contributed by atoms with Crippen LogP contribution >= 0.6 is 11.8 Å². The number of fused-ring (bicyclic) bond motifs is 1. The SMILES string of the molecule is Cc1nn(C(=O)c2ccncc2)c2c1C(c1ccc([NH+]([O-])O)cc1)SC(N)=N2. The maximum absolute atomic E-state index is 12.9. The van der Waals surface area contributed by atoms with Gasteiger partial charge in [0.2, 0.25) is 0 Å². The van der Waals surface area contributed by atoms with Gasteiger partial charge in [0.15, 0.2) is 16.7 Å². The third-order valence-corrected chi connectivity index (χ3v) is 5.45. The van der Waals surface area contributed by atoms with Crippen molar-refractivity contribution in [3.8, 4) is 0 Å². The molecule has 28 heavy (non-hydrogen) atoms. The fourth-order valence-corrected chi connectivity index (χ4v) is 4.11. The van der Waals surface area contributed by atoms with Crippen molar-refractivity contribution in [2.45, 2.75) is 12.2 Å². The number of carbonyl (C=O) groups excluding carboxylic acids is 1. The van der Waals surface area contributed by atoms with Crippen LogP contribution in [0.5, 0.6) is 0 Å². The Kier molecular flexibility index (Phi) is 4.69. The number of hydrogen-bond donors (Lipinski definition) is 3. The van der Waals surface area contributed by atoms with E-state index in [0.29, 0.717) is 22.2 Å². The minimum absolute atomic E-state index is 0.201. The van der Waals surface area contributed by atoms with Crippen molar-refractivity contribution >= 4 is 34.3 Å². The lowest BCUT2D eigenvalue weighted by Gasteiger charge is -2.22. The normalized spacial score (nSPS) is 17.0. The highest BCUT2D eigenvalue weighted by molar-refractivity contribution is 8.14. The lowest BCUT2D eigenvalue weighted by Crippen LogP contribution is -2.99. The molecule has 4 N–H and O–H groups in total. The van der Waals surface area contributed by atoms with Crippen molar-refractivity contribution in [1.29, 1.82) is 0 Å². The largest absolute Gasteiger partial charge is 0.595 e. The zero-order chi connectivity index (χ0) is 19.8. The average molecular weight is 396 g/mol. The van der Waals surface area contributed by atoms with E-state index in [4.69, 9.17) is 10.9 Å². The third kappa shape index (κ3) is 3.18. The topological polar surface area (TPSA) is 134 Å². The maximum atomic E-state index is 12.9. The molecule has 3 aromatic rings. The van der Waals surface area contributed by atoms with Gasteiger partial charge in [-0.2, -0.15) is 15.0 Å². The minimum atomic E-state index is -0.989. The van der Waals surface area contributed by atoms with Crippen molar-refractivity contribution in [3.63, 3.8) is 0 Å². The molecule has 10 heteroatoms. The van der Waals surface area contributed by atoms with Crippen LogP contribution in [-0.4, -0.2) is 31.0 Å². The molecule has 9 nitrogen and oxygen atoms in total. The average Bonchev–Trinajstić information content (AvgIpc) is 3.03. The van der Waals surface area contributed by atoms with Gasteiger partial charge >= 0.3 is 0 Å². The van der Waals surface area contributed by atoms with Crippen LogP contribution in [0.1, 0.15) is 32.4 Å². The number of nitrogens with one attached hydrogen (secondary N) is 1. The van der Waals surface area contributed by atoms with E-state index in [1.165, 1.54) is 28.8 Å². The maximum Gasteiger partial charge on any atom is 0.280 e. The van der Waals surface area contributed by atoms with Crippen molar-refractivity contribution in [2.24, 2.45) is 10.7 Å². The first-order valence-corrected chi connectivity index (χ1v) is 9.22. The molecular formula is C18H16N6O3S. The van der Waals surface area contributed by atoms with Crippen LogP contribution in [0.15, 0.2) is 53.8 Å². The van der Waals surface area contributed by atoms with Crippen LogP contribution in [0.3, 0.4) is 0 Å². The Bertz CT molecular complexity index is 1060. The molecule has 3 heterocycles. The predicted molar refractivity (Wildman–Crippen MR) is 104 cm³/mol. The summed E-state index contributed by atoms with van der Waals surface area (Å²) in [6.45, 7) is 1.81. The second-order valence-electron chi connectivity index (χ2n) is 6.15. The molecule has 0 amide bonds. The lowest BCUT2D eigenvalue weighted by atomic mass is 10.0. The number of quaternary nitrogens is 1. The highest BCUT2D eigenvalue weighted by atomic mass is 32.2. The summed E-state index contributed by atoms with van der Waals surface area (Å²) in [5.74, 6) is 0.0676. The molecule has 2 atom stereocenters. The van der Waals surface area contributed by atoms with Crippen LogP contribution in [0.4, 0.5) is 11.5 Å². The van der Waals surface area contributed by atoms with Crippen molar-refractivity contribution in [2.75, 3.05) is 0 Å². The number of rotatable bonds is 3. The van der Waals surface area contributed by atoms with Gasteiger partial charge < -0.3 is 10.9 Å². The van der Waals surface area contributed by atoms with Gasteiger partial charge in [-0.05, 0) is 24.6 Å². The number of amidine groups is 1. The Morgan fingerprint density at radius 2 is 1.93 bits per heavy atom. The minimum Gasteiger partial charge on any atom is -0.595 e. The van der Waals surface area contributed by atoms with E-state index in [9.17, 15) is 10.0 Å². The molecule has 0 bridgehead atoms. The molecule has 2 unspecified atom stereocenters. The molecule has 1 aromatic carbocycles. The number of pyridine rings is 1. The van der Waals surface area contributed by atoms with E-state index in [1.54, 1.807) is 36.4 Å². The smallest absolute Gasteiger partial charge is 0.280 e. The quantitative estimate of drug-likeness (QED) is 0.571. The van der Waals surface area contributed by atoms with E-state index in [1.807, 2.05) is 6.92 Å². The van der Waals surface area contributed by atoms with E-state index >= 15 is 0 Å². The molecular weight excluding hydrogens is 380 g/mol. The first-order chi connectivity index (χ1) is 13.5. The fraction of sp³-hybridized carbons (Fsp3) is 0.111. The summed E-state index contributed by atoms with van der Waals surface area (Å²) in [5.41, 5.74) is 8.97. The van der Waals surface area contributed by atoms with Crippen molar-refractivity contribution in [1.82, 2.24) is 14.8 Å². The molecule has 2 aromatic heterocycles. The second-order valence-corrected chi connectivity index (χ2v) is 7.28. The Balaban J connectivity index is 1.79. The van der Waals surface area contributed by atoms with E-state index in [-0.39, 0.29) is 16.8 Å². The number of benzene rings is 1. The molecule has 0 saturated heterocycles. The molecule has 142 valence electrons. The van der Waals surface area contributed by atoms with Gasteiger partial charge in [-0.3, -0.25) is 9.78 Å². The molecule has 1 aliphatic rings. The monoisotopic (exact) mass is 396 g/mol. The number of carbonyl (C=O) groups is 1. The van der Waals surface area contributed by atoms with Crippen LogP contribution in [0.25, 0.3) is 0 Å². The lowest BCUT2D eigenvalue weighted by molar-refractivity contribution is -0.991. The summed E-state index contributed by atoms with van der Waals surface area (Å²) in [4.78, 5) is 21.2. The summed E-state index contributed by atoms with van der Waals surface area (Å²) in [6, 6.07) is 9.79. The van der Waals surface area contributed by atoms with E-state index in [0.717, 1.165) is 11.1 Å². The number of aryl methyl sites for hydroxylation is 1. The van der Waals surface area contributed by atoms with Crippen LogP contribution in [-0.2, 0) is 0 Å². The molecule has 0 aliphatic carbocycles. The molecule has 0 radical (unpaired) electrons. The number of nitrogens with two attached hydrogens (primary N) is 1. The predicted octanol–water partition coefficient (Wildman–Crippen LogP) is 1.46. The standard InChI is InChI=1S/C18H16N6O3S/c1-10-14-15(11-2-4-13(5-3-11)24(26)27)28-18(19)21-16(14)23(22-10)17(25)12-6-8-20-9-7-12/h2-9,15,24,26H,1H3,(H2,19,21). The van der Waals surface area contributed by atoms with E-state index < -0.39 is 5.23 Å². The Hall–Kier alpha value is -3.05. The van der Waals surface area contributed by atoms with Gasteiger partial charge in [0.25, 0.3) is 5.91 Å². The van der Waals surface area contributed by atoms with E-state index in [2.05, 4.69) is 15.1 Å². The molecule has 0 saturated carbocycles. The van der Waals surface area contributed by atoms with Gasteiger partial charge in [0, 0.05) is 35.7 Å². The Morgan fingerprint density at radius 1 is 1.25 bits per heavy atom. The second kappa shape index (κ2) is 7.17. The molecule has 4 rings (SSSR count). The Labute approximate surface area is 164 Å². The van der Waals surface area contributed by atoms with Crippen molar-refractivity contribution in [3.05, 3.63) is 76.4 Å². The highest BCUT2D eigenvalue weighted by Gasteiger charge is 2.32. The first kappa shape index (κ1) is 18.3. The number of thioether (sulfide) groups is 1. The van der Waals surface area contributed by atoms with Gasteiger partial charge in [-0.1, -0.05) is 23.9 Å². The van der Waals surface area contributed by atoms with Crippen molar-refractivity contribution < 1.29 is 15.2 Å².